The van der Waals surface area contributed by atoms with Crippen molar-refractivity contribution < 1.29 is 13.2 Å². The Balaban J connectivity index is 1.66. The average molecular weight is 485 g/mol. The number of halogens is 1. The van der Waals surface area contributed by atoms with Crippen LogP contribution < -0.4 is 9.62 Å². The first-order valence-electron chi connectivity index (χ1n) is 9.64. The molecule has 0 aliphatic carbocycles. The van der Waals surface area contributed by atoms with Gasteiger partial charge in [0.15, 0.2) is 0 Å². The van der Waals surface area contributed by atoms with Crippen LogP contribution in [0.3, 0.4) is 0 Å². The van der Waals surface area contributed by atoms with Crippen LogP contribution >= 0.6 is 15.9 Å². The van der Waals surface area contributed by atoms with Crippen LogP contribution in [0.1, 0.15) is 27.9 Å². The van der Waals surface area contributed by atoms with Gasteiger partial charge in [-0.2, -0.15) is 0 Å². The number of hydrogen-bond acceptors (Lipinski definition) is 3. The summed E-state index contributed by atoms with van der Waals surface area (Å²) in [5.74, 6) is -0.250. The van der Waals surface area contributed by atoms with E-state index in [9.17, 15) is 13.2 Å². The van der Waals surface area contributed by atoms with Crippen molar-refractivity contribution in [3.8, 4) is 0 Å². The monoisotopic (exact) mass is 484 g/mol. The van der Waals surface area contributed by atoms with Crippen molar-refractivity contribution in [3.63, 3.8) is 0 Å². The molecule has 1 aliphatic rings. The predicted molar refractivity (Wildman–Crippen MR) is 123 cm³/mol. The molecule has 1 heterocycles. The maximum absolute atomic E-state index is 13.3. The van der Waals surface area contributed by atoms with Gasteiger partial charge in [0.25, 0.3) is 15.9 Å². The Morgan fingerprint density at radius 2 is 1.80 bits per heavy atom. The lowest BCUT2D eigenvalue weighted by atomic mass is 10.0. The highest BCUT2D eigenvalue weighted by molar-refractivity contribution is 9.10. The molecular weight excluding hydrogens is 464 g/mol. The quantitative estimate of drug-likeness (QED) is 0.556. The Bertz CT molecular complexity index is 1210. The van der Waals surface area contributed by atoms with Crippen LogP contribution in [0.5, 0.6) is 0 Å². The van der Waals surface area contributed by atoms with Gasteiger partial charge in [-0.25, -0.2) is 8.42 Å². The molecule has 7 heteroatoms. The highest BCUT2D eigenvalue weighted by Crippen LogP contribution is 2.34. The van der Waals surface area contributed by atoms with Crippen LogP contribution in [0.15, 0.2) is 76.1 Å². The smallest absolute Gasteiger partial charge is 0.264 e. The van der Waals surface area contributed by atoms with E-state index in [0.29, 0.717) is 23.5 Å². The van der Waals surface area contributed by atoms with E-state index in [1.165, 1.54) is 4.31 Å². The molecule has 0 saturated carbocycles. The van der Waals surface area contributed by atoms with Crippen molar-refractivity contribution in [1.29, 1.82) is 0 Å². The molecule has 0 aromatic heterocycles. The topological polar surface area (TPSA) is 66.5 Å². The minimum atomic E-state index is -3.68. The average Bonchev–Trinajstić information content (AvgIpc) is 2.73. The first-order valence-corrected chi connectivity index (χ1v) is 11.9. The number of carbonyl (C=O) groups excluding carboxylic acids is 1. The lowest BCUT2D eigenvalue weighted by Crippen LogP contribution is -2.35. The number of fused-ring (bicyclic) bond motifs is 1. The van der Waals surface area contributed by atoms with Gasteiger partial charge in [0.05, 0.1) is 10.6 Å². The summed E-state index contributed by atoms with van der Waals surface area (Å²) in [7, 11) is -3.68. The number of carbonyl (C=O) groups is 1. The molecule has 4 rings (SSSR count). The van der Waals surface area contributed by atoms with E-state index in [-0.39, 0.29) is 10.8 Å². The zero-order valence-corrected chi connectivity index (χ0v) is 18.8. The molecule has 1 aliphatic heterocycles. The normalized spacial score (nSPS) is 13.6. The lowest BCUT2D eigenvalue weighted by molar-refractivity contribution is 0.102. The zero-order valence-electron chi connectivity index (χ0n) is 16.4. The van der Waals surface area contributed by atoms with Crippen LogP contribution in [0.4, 0.5) is 11.4 Å². The maximum atomic E-state index is 13.3. The first-order chi connectivity index (χ1) is 14.3. The van der Waals surface area contributed by atoms with Gasteiger partial charge in [-0.1, -0.05) is 45.8 Å². The second kappa shape index (κ2) is 8.24. The number of hydrogen-bond donors (Lipinski definition) is 1. The largest absolute Gasteiger partial charge is 0.322 e. The van der Waals surface area contributed by atoms with Crippen molar-refractivity contribution in [2.45, 2.75) is 24.7 Å². The molecule has 0 bridgehead atoms. The van der Waals surface area contributed by atoms with E-state index in [1.807, 2.05) is 25.1 Å². The van der Waals surface area contributed by atoms with Gasteiger partial charge < -0.3 is 5.32 Å². The highest BCUT2D eigenvalue weighted by Gasteiger charge is 2.29. The van der Waals surface area contributed by atoms with Gasteiger partial charge in [-0.3, -0.25) is 9.10 Å². The molecule has 0 fully saturated rings. The van der Waals surface area contributed by atoms with E-state index >= 15 is 0 Å². The molecule has 0 saturated heterocycles. The van der Waals surface area contributed by atoms with Crippen LogP contribution in [0.25, 0.3) is 0 Å². The Morgan fingerprint density at radius 3 is 2.53 bits per heavy atom. The van der Waals surface area contributed by atoms with E-state index < -0.39 is 10.0 Å². The molecule has 1 N–H and O–H groups in total. The molecule has 0 atom stereocenters. The van der Waals surface area contributed by atoms with Crippen molar-refractivity contribution in [2.24, 2.45) is 0 Å². The van der Waals surface area contributed by atoms with Gasteiger partial charge in [-0.15, -0.1) is 0 Å². The molecule has 30 heavy (non-hydrogen) atoms. The molecule has 154 valence electrons. The summed E-state index contributed by atoms with van der Waals surface area (Å²) in [6, 6.07) is 19.4. The number of rotatable bonds is 4. The Hall–Kier alpha value is -2.64. The SMILES string of the molecule is Cc1ccc(S(=O)(=O)N2CCCc3ccc(NC(=O)c4cccc(Br)c4)cc32)cc1. The Morgan fingerprint density at radius 1 is 1.03 bits per heavy atom. The molecule has 0 spiro atoms. The summed E-state index contributed by atoms with van der Waals surface area (Å²) in [6.45, 7) is 2.33. The fraction of sp³-hybridized carbons (Fsp3) is 0.174. The predicted octanol–water partition coefficient (Wildman–Crippen LogP) is 5.15. The number of aryl methyl sites for hydroxylation is 2. The third kappa shape index (κ3) is 4.13. The number of amides is 1. The number of anilines is 2. The molecule has 3 aromatic rings. The standard InChI is InChI=1S/C23H21BrN2O3S/c1-16-7-11-21(12-8-16)30(28,29)26-13-3-5-17-9-10-20(15-22(17)26)25-23(27)18-4-2-6-19(24)14-18/h2,4,6-12,14-15H,3,5,13H2,1H3,(H,25,27). The highest BCUT2D eigenvalue weighted by atomic mass is 79.9. The van der Waals surface area contributed by atoms with Gasteiger partial charge in [0, 0.05) is 22.3 Å². The first kappa shape index (κ1) is 20.6. The molecular formula is C23H21BrN2O3S. The van der Waals surface area contributed by atoms with Crippen molar-refractivity contribution in [3.05, 3.63) is 87.9 Å². The van der Waals surface area contributed by atoms with Gasteiger partial charge in [0.1, 0.15) is 0 Å². The summed E-state index contributed by atoms with van der Waals surface area (Å²) in [4.78, 5) is 12.9. The number of nitrogens with zero attached hydrogens (tertiary/aromatic N) is 1. The number of benzene rings is 3. The van der Waals surface area contributed by atoms with Gasteiger partial charge in [-0.05, 0) is 67.8 Å². The van der Waals surface area contributed by atoms with Crippen molar-refractivity contribution in [2.75, 3.05) is 16.2 Å². The minimum Gasteiger partial charge on any atom is -0.322 e. The molecule has 0 unspecified atom stereocenters. The molecule has 0 radical (unpaired) electrons. The Labute approximate surface area is 184 Å². The fourth-order valence-electron chi connectivity index (χ4n) is 3.54. The summed E-state index contributed by atoms with van der Waals surface area (Å²) < 4.78 is 28.8. The minimum absolute atomic E-state index is 0.250. The van der Waals surface area contributed by atoms with Crippen LogP contribution in [0.2, 0.25) is 0 Å². The summed E-state index contributed by atoms with van der Waals surface area (Å²) in [6.07, 6.45) is 1.55. The van der Waals surface area contributed by atoms with Crippen LogP contribution in [0, 0.1) is 6.92 Å². The summed E-state index contributed by atoms with van der Waals surface area (Å²) >= 11 is 3.37. The number of sulfonamides is 1. The van der Waals surface area contributed by atoms with Crippen molar-refractivity contribution in [1.82, 2.24) is 0 Å². The van der Waals surface area contributed by atoms with Gasteiger partial charge in [0.2, 0.25) is 0 Å². The lowest BCUT2D eigenvalue weighted by Gasteiger charge is -2.31. The molecule has 1 amide bonds. The second-order valence-corrected chi connectivity index (χ2v) is 10.1. The zero-order chi connectivity index (χ0) is 21.3. The van der Waals surface area contributed by atoms with E-state index in [2.05, 4.69) is 21.2 Å². The van der Waals surface area contributed by atoms with Crippen LogP contribution in [-0.2, 0) is 16.4 Å². The Kier molecular flexibility index (Phi) is 5.66. The second-order valence-electron chi connectivity index (χ2n) is 7.30. The van der Waals surface area contributed by atoms with Crippen LogP contribution in [-0.4, -0.2) is 20.9 Å². The summed E-state index contributed by atoms with van der Waals surface area (Å²) in [5, 5.41) is 2.87. The fourth-order valence-corrected chi connectivity index (χ4v) is 5.47. The van der Waals surface area contributed by atoms with E-state index in [4.69, 9.17) is 0 Å². The number of nitrogens with one attached hydrogen (secondary N) is 1. The van der Waals surface area contributed by atoms with Crippen molar-refractivity contribution >= 4 is 43.2 Å². The third-order valence-corrected chi connectivity index (χ3v) is 7.44. The third-order valence-electron chi connectivity index (χ3n) is 5.11. The summed E-state index contributed by atoms with van der Waals surface area (Å²) in [5.41, 5.74) is 3.66. The van der Waals surface area contributed by atoms with Gasteiger partial charge >= 0.3 is 0 Å². The van der Waals surface area contributed by atoms with E-state index in [1.54, 1.807) is 48.5 Å². The molecule has 5 nitrogen and oxygen atoms in total. The maximum Gasteiger partial charge on any atom is 0.264 e. The molecule has 3 aromatic carbocycles. The van der Waals surface area contributed by atoms with E-state index in [0.717, 1.165) is 28.4 Å².